The summed E-state index contributed by atoms with van der Waals surface area (Å²) in [7, 11) is 0. The lowest BCUT2D eigenvalue weighted by Crippen LogP contribution is -2.35. The van der Waals surface area contributed by atoms with Crippen molar-refractivity contribution in [3.63, 3.8) is 0 Å². The summed E-state index contributed by atoms with van der Waals surface area (Å²) in [5.41, 5.74) is -0.174. The van der Waals surface area contributed by atoms with E-state index in [1.807, 2.05) is 6.92 Å². The van der Waals surface area contributed by atoms with Crippen molar-refractivity contribution in [3.05, 3.63) is 65.5 Å². The minimum absolute atomic E-state index is 0.0801. The average molecular weight is 331 g/mol. The van der Waals surface area contributed by atoms with Gasteiger partial charge >= 0.3 is 5.97 Å². The van der Waals surface area contributed by atoms with Gasteiger partial charge in [0.25, 0.3) is 5.91 Å². The molecule has 0 saturated heterocycles. The van der Waals surface area contributed by atoms with Crippen LogP contribution in [0.3, 0.4) is 0 Å². The summed E-state index contributed by atoms with van der Waals surface area (Å²) in [6.07, 6.45) is 0. The van der Waals surface area contributed by atoms with Crippen LogP contribution in [0.4, 0.5) is 10.1 Å². The van der Waals surface area contributed by atoms with E-state index in [0.29, 0.717) is 12.2 Å². The van der Waals surface area contributed by atoms with E-state index in [-0.39, 0.29) is 18.8 Å². The Bertz CT molecular complexity index is 718. The monoisotopic (exact) mass is 331 g/mol. The molecule has 5 nitrogen and oxygen atoms in total. The summed E-state index contributed by atoms with van der Waals surface area (Å²) in [6, 6.07) is 12.4. The summed E-state index contributed by atoms with van der Waals surface area (Å²) in [5, 5.41) is 9.07. The number of benzene rings is 2. The van der Waals surface area contributed by atoms with Crippen molar-refractivity contribution in [2.75, 3.05) is 24.7 Å². The number of carboxylic acids is 1. The normalized spacial score (nSPS) is 10.4. The topological polar surface area (TPSA) is 66.8 Å². The van der Waals surface area contributed by atoms with Crippen LogP contribution in [0.15, 0.2) is 48.5 Å². The number of hydrogen-bond donors (Lipinski definition) is 1. The maximum atomic E-state index is 14.5. The van der Waals surface area contributed by atoms with Gasteiger partial charge < -0.3 is 14.7 Å². The zero-order valence-electron chi connectivity index (χ0n) is 13.2. The van der Waals surface area contributed by atoms with Gasteiger partial charge in [0.2, 0.25) is 0 Å². The van der Waals surface area contributed by atoms with Gasteiger partial charge in [0.1, 0.15) is 0 Å². The first-order valence-corrected chi connectivity index (χ1v) is 7.52. The fourth-order valence-corrected chi connectivity index (χ4v) is 2.26. The lowest BCUT2D eigenvalue weighted by atomic mass is 10.1. The van der Waals surface area contributed by atoms with Crippen LogP contribution in [0.25, 0.3) is 0 Å². The molecule has 0 radical (unpaired) electrons. The van der Waals surface area contributed by atoms with E-state index in [4.69, 9.17) is 9.84 Å². The van der Waals surface area contributed by atoms with Crippen LogP contribution in [0.1, 0.15) is 27.6 Å². The lowest BCUT2D eigenvalue weighted by Gasteiger charge is -2.24. The van der Waals surface area contributed by atoms with Crippen molar-refractivity contribution in [2.24, 2.45) is 0 Å². The first-order chi connectivity index (χ1) is 11.6. The quantitative estimate of drug-likeness (QED) is 0.791. The molecule has 0 unspecified atom stereocenters. The standard InChI is InChI=1S/C18H18FNO4/c1-2-24-12-11-20(17(21)13-7-4-3-5-8-13)15-10-6-9-14(16(15)19)18(22)23/h3-10H,2,11-12H2,1H3,(H,22,23). The molecule has 1 amide bonds. The lowest BCUT2D eigenvalue weighted by molar-refractivity contribution is 0.0691. The molecule has 6 heteroatoms. The van der Waals surface area contributed by atoms with Gasteiger partial charge in [-0.3, -0.25) is 4.79 Å². The number of carbonyl (C=O) groups excluding carboxylic acids is 1. The molecule has 0 aliphatic rings. The summed E-state index contributed by atoms with van der Waals surface area (Å²) in [6.45, 7) is 2.60. The number of rotatable bonds is 7. The molecule has 2 rings (SSSR count). The highest BCUT2D eigenvalue weighted by Gasteiger charge is 2.23. The van der Waals surface area contributed by atoms with E-state index < -0.39 is 23.3 Å². The molecule has 2 aromatic rings. The molecule has 0 bridgehead atoms. The smallest absolute Gasteiger partial charge is 0.338 e. The van der Waals surface area contributed by atoms with Crippen molar-refractivity contribution in [2.45, 2.75) is 6.92 Å². The second kappa shape index (κ2) is 8.21. The molecule has 0 aliphatic heterocycles. The highest BCUT2D eigenvalue weighted by Crippen LogP contribution is 2.24. The van der Waals surface area contributed by atoms with E-state index in [0.717, 1.165) is 6.07 Å². The number of hydrogen-bond acceptors (Lipinski definition) is 3. The minimum Gasteiger partial charge on any atom is -0.478 e. The predicted octanol–water partition coefficient (Wildman–Crippen LogP) is 3.21. The van der Waals surface area contributed by atoms with Gasteiger partial charge in [0.15, 0.2) is 5.82 Å². The van der Waals surface area contributed by atoms with Crippen molar-refractivity contribution in [1.82, 2.24) is 0 Å². The van der Waals surface area contributed by atoms with E-state index in [1.165, 1.54) is 17.0 Å². The molecule has 2 aromatic carbocycles. The zero-order valence-corrected chi connectivity index (χ0v) is 13.2. The van der Waals surface area contributed by atoms with Gasteiger partial charge in [0.05, 0.1) is 17.9 Å². The van der Waals surface area contributed by atoms with Crippen molar-refractivity contribution in [1.29, 1.82) is 0 Å². The SMILES string of the molecule is CCOCCN(C(=O)c1ccccc1)c1cccc(C(=O)O)c1F. The Hall–Kier alpha value is -2.73. The molecule has 0 spiro atoms. The minimum atomic E-state index is -1.38. The molecule has 1 N–H and O–H groups in total. The second-order valence-electron chi connectivity index (χ2n) is 4.96. The van der Waals surface area contributed by atoms with E-state index in [2.05, 4.69) is 0 Å². The number of carbonyl (C=O) groups is 2. The second-order valence-corrected chi connectivity index (χ2v) is 4.96. The third kappa shape index (κ3) is 3.97. The fourth-order valence-electron chi connectivity index (χ4n) is 2.26. The molecular weight excluding hydrogens is 313 g/mol. The third-order valence-electron chi connectivity index (χ3n) is 3.43. The molecule has 0 heterocycles. The maximum Gasteiger partial charge on any atom is 0.338 e. The van der Waals surface area contributed by atoms with Crippen molar-refractivity contribution >= 4 is 17.6 Å². The Balaban J connectivity index is 2.41. The first-order valence-electron chi connectivity index (χ1n) is 7.52. The van der Waals surface area contributed by atoms with Crippen LogP contribution in [-0.2, 0) is 4.74 Å². The molecular formula is C18H18FNO4. The van der Waals surface area contributed by atoms with Gasteiger partial charge in [0, 0.05) is 18.7 Å². The zero-order chi connectivity index (χ0) is 17.5. The third-order valence-corrected chi connectivity index (χ3v) is 3.43. The van der Waals surface area contributed by atoms with Gasteiger partial charge in [-0.05, 0) is 31.2 Å². The Morgan fingerprint density at radius 1 is 1.12 bits per heavy atom. The highest BCUT2D eigenvalue weighted by atomic mass is 19.1. The number of aromatic carboxylic acids is 1. The molecule has 24 heavy (non-hydrogen) atoms. The van der Waals surface area contributed by atoms with Gasteiger partial charge in [-0.2, -0.15) is 0 Å². The largest absolute Gasteiger partial charge is 0.478 e. The Kier molecular flexibility index (Phi) is 6.03. The van der Waals surface area contributed by atoms with Gasteiger partial charge in [-0.15, -0.1) is 0 Å². The van der Waals surface area contributed by atoms with Crippen LogP contribution < -0.4 is 4.90 Å². The highest BCUT2D eigenvalue weighted by molar-refractivity contribution is 6.06. The van der Waals surface area contributed by atoms with Gasteiger partial charge in [-0.1, -0.05) is 24.3 Å². The number of halogens is 1. The summed E-state index contributed by atoms with van der Waals surface area (Å²) in [5.74, 6) is -2.74. The maximum absolute atomic E-state index is 14.5. The van der Waals surface area contributed by atoms with Crippen LogP contribution in [0.5, 0.6) is 0 Å². The summed E-state index contributed by atoms with van der Waals surface area (Å²) >= 11 is 0. The van der Waals surface area contributed by atoms with E-state index in [1.54, 1.807) is 30.3 Å². The Labute approximate surface area is 139 Å². The predicted molar refractivity (Wildman–Crippen MR) is 88.0 cm³/mol. The Morgan fingerprint density at radius 2 is 1.83 bits per heavy atom. The van der Waals surface area contributed by atoms with Crippen molar-refractivity contribution < 1.29 is 23.8 Å². The number of ether oxygens (including phenoxy) is 1. The van der Waals surface area contributed by atoms with Crippen LogP contribution in [0, 0.1) is 5.82 Å². The number of amides is 1. The first kappa shape index (κ1) is 17.6. The molecule has 126 valence electrons. The summed E-state index contributed by atoms with van der Waals surface area (Å²) < 4.78 is 19.8. The average Bonchev–Trinajstić information content (AvgIpc) is 2.59. The Morgan fingerprint density at radius 3 is 2.46 bits per heavy atom. The molecule has 0 atom stereocenters. The van der Waals surface area contributed by atoms with Crippen molar-refractivity contribution in [3.8, 4) is 0 Å². The number of anilines is 1. The number of nitrogens with zero attached hydrogens (tertiary/aromatic N) is 1. The number of carboxylic acid groups (broad SMARTS) is 1. The van der Waals surface area contributed by atoms with Crippen LogP contribution in [-0.4, -0.2) is 36.7 Å². The molecule has 0 fully saturated rings. The molecule has 0 aromatic heterocycles. The van der Waals surface area contributed by atoms with Crippen LogP contribution in [0.2, 0.25) is 0 Å². The van der Waals surface area contributed by atoms with E-state index >= 15 is 0 Å². The summed E-state index contributed by atoms with van der Waals surface area (Å²) in [4.78, 5) is 25.1. The fraction of sp³-hybridized carbons (Fsp3) is 0.222. The molecule has 0 aliphatic carbocycles. The van der Waals surface area contributed by atoms with E-state index in [9.17, 15) is 14.0 Å². The van der Waals surface area contributed by atoms with Gasteiger partial charge in [-0.25, -0.2) is 9.18 Å². The molecule has 0 saturated carbocycles. The van der Waals surface area contributed by atoms with Crippen LogP contribution >= 0.6 is 0 Å².